The van der Waals surface area contributed by atoms with E-state index in [-0.39, 0.29) is 18.6 Å². The normalized spacial score (nSPS) is 17.0. The maximum Gasteiger partial charge on any atom is 0.338 e. The highest BCUT2D eigenvalue weighted by Gasteiger charge is 2.22. The van der Waals surface area contributed by atoms with E-state index >= 15 is 0 Å². The summed E-state index contributed by atoms with van der Waals surface area (Å²) in [7, 11) is 0. The number of rotatable bonds is 5. The average Bonchev–Trinajstić information content (AvgIpc) is 2.75. The van der Waals surface area contributed by atoms with Crippen molar-refractivity contribution in [2.45, 2.75) is 18.9 Å². The quantitative estimate of drug-likeness (QED) is 0.746. The van der Waals surface area contributed by atoms with Gasteiger partial charge in [0.1, 0.15) is 12.7 Å². The predicted octanol–water partition coefficient (Wildman–Crippen LogP) is 1.68. The van der Waals surface area contributed by atoms with Gasteiger partial charge in [-0.2, -0.15) is 0 Å². The Balaban J connectivity index is 1.24. The lowest BCUT2D eigenvalue weighted by atomic mass is 10.0. The fraction of sp³-hybridized carbons (Fsp3) is 0.286. The number of carbonyl (C=O) groups excluding carboxylic acids is 3. The second-order valence-electron chi connectivity index (χ2n) is 6.80. The van der Waals surface area contributed by atoms with E-state index in [0.29, 0.717) is 42.2 Å². The lowest BCUT2D eigenvalue weighted by Crippen LogP contribution is -2.42. The molecule has 1 atom stereocenters. The van der Waals surface area contributed by atoms with E-state index in [1.807, 2.05) is 18.2 Å². The predicted molar refractivity (Wildman–Crippen MR) is 103 cm³/mol. The van der Waals surface area contributed by atoms with Crippen LogP contribution >= 0.6 is 0 Å². The zero-order valence-electron chi connectivity index (χ0n) is 15.6. The van der Waals surface area contributed by atoms with Gasteiger partial charge < -0.3 is 24.8 Å². The van der Waals surface area contributed by atoms with Crippen LogP contribution in [-0.2, 0) is 20.7 Å². The van der Waals surface area contributed by atoms with Crippen molar-refractivity contribution < 1.29 is 28.6 Å². The third-order valence-electron chi connectivity index (χ3n) is 4.67. The molecule has 8 heteroatoms. The van der Waals surface area contributed by atoms with E-state index in [4.69, 9.17) is 14.2 Å². The van der Waals surface area contributed by atoms with Gasteiger partial charge in [-0.1, -0.05) is 12.1 Å². The number of aryl methyl sites for hydroxylation is 1. The van der Waals surface area contributed by atoms with Crippen LogP contribution in [0.3, 0.4) is 0 Å². The van der Waals surface area contributed by atoms with Crippen molar-refractivity contribution in [2.75, 3.05) is 25.1 Å². The Kier molecular flexibility index (Phi) is 5.33. The van der Waals surface area contributed by atoms with Crippen molar-refractivity contribution in [3.05, 3.63) is 53.6 Å². The summed E-state index contributed by atoms with van der Waals surface area (Å²) in [6.07, 6.45) is 0.626. The highest BCUT2D eigenvalue weighted by Crippen LogP contribution is 2.30. The zero-order chi connectivity index (χ0) is 20.2. The van der Waals surface area contributed by atoms with E-state index in [0.717, 1.165) is 5.56 Å². The molecule has 0 saturated carbocycles. The van der Waals surface area contributed by atoms with Crippen LogP contribution in [0.25, 0.3) is 0 Å². The molecule has 0 saturated heterocycles. The van der Waals surface area contributed by atoms with Crippen molar-refractivity contribution in [2.24, 2.45) is 0 Å². The Hall–Kier alpha value is -3.55. The van der Waals surface area contributed by atoms with Crippen LogP contribution in [-0.4, -0.2) is 43.6 Å². The smallest absolute Gasteiger partial charge is 0.338 e. The van der Waals surface area contributed by atoms with Crippen molar-refractivity contribution in [1.82, 2.24) is 5.32 Å². The molecule has 0 spiro atoms. The average molecular weight is 396 g/mol. The molecular weight excluding hydrogens is 376 g/mol. The van der Waals surface area contributed by atoms with Gasteiger partial charge in [-0.25, -0.2) is 4.79 Å². The molecule has 150 valence electrons. The fourth-order valence-corrected chi connectivity index (χ4v) is 3.17. The Morgan fingerprint density at radius 1 is 1.14 bits per heavy atom. The standard InChI is InChI=1S/C21H20N2O6/c24-19-8-6-13-9-14(5-7-16(13)23-19)21(26)28-12-20(25)22-10-15-11-27-17-3-1-2-4-18(17)29-15/h1-5,7,9,15H,6,8,10-12H2,(H,22,25)(H,23,24). The molecular formula is C21H20N2O6. The van der Waals surface area contributed by atoms with Gasteiger partial charge in [0.2, 0.25) is 5.91 Å². The third-order valence-corrected chi connectivity index (χ3v) is 4.67. The molecule has 2 N–H and O–H groups in total. The number of carbonyl (C=O) groups is 3. The summed E-state index contributed by atoms with van der Waals surface area (Å²) < 4.78 is 16.4. The molecule has 0 bridgehead atoms. The summed E-state index contributed by atoms with van der Waals surface area (Å²) in [4.78, 5) is 35.6. The lowest BCUT2D eigenvalue weighted by Gasteiger charge is -2.26. The van der Waals surface area contributed by atoms with Crippen molar-refractivity contribution in [3.63, 3.8) is 0 Å². The van der Waals surface area contributed by atoms with Gasteiger partial charge in [0.15, 0.2) is 18.1 Å². The van der Waals surface area contributed by atoms with Gasteiger partial charge in [0.25, 0.3) is 5.91 Å². The number of ether oxygens (including phenoxy) is 3. The van der Waals surface area contributed by atoms with Crippen LogP contribution in [0.15, 0.2) is 42.5 Å². The van der Waals surface area contributed by atoms with E-state index in [1.54, 1.807) is 24.3 Å². The van der Waals surface area contributed by atoms with Crippen LogP contribution in [0.2, 0.25) is 0 Å². The molecule has 2 amide bonds. The molecule has 2 aromatic carbocycles. The number of fused-ring (bicyclic) bond motifs is 2. The molecule has 29 heavy (non-hydrogen) atoms. The number of amides is 2. The Morgan fingerprint density at radius 3 is 2.83 bits per heavy atom. The van der Waals surface area contributed by atoms with Crippen molar-refractivity contribution >= 4 is 23.5 Å². The minimum Gasteiger partial charge on any atom is -0.486 e. The topological polar surface area (TPSA) is 103 Å². The Bertz CT molecular complexity index is 958. The number of esters is 1. The molecule has 0 fully saturated rings. The molecule has 8 nitrogen and oxygen atoms in total. The molecule has 2 aliphatic rings. The maximum absolute atomic E-state index is 12.2. The summed E-state index contributed by atoms with van der Waals surface area (Å²) in [5.41, 5.74) is 1.92. The lowest BCUT2D eigenvalue weighted by molar-refractivity contribution is -0.124. The number of benzene rings is 2. The second-order valence-corrected chi connectivity index (χ2v) is 6.80. The Labute approximate surface area is 167 Å². The van der Waals surface area contributed by atoms with Crippen LogP contribution in [0.5, 0.6) is 11.5 Å². The fourth-order valence-electron chi connectivity index (χ4n) is 3.17. The molecule has 0 aliphatic carbocycles. The number of hydrogen-bond donors (Lipinski definition) is 2. The molecule has 2 heterocycles. The first-order valence-corrected chi connectivity index (χ1v) is 9.33. The van der Waals surface area contributed by atoms with Gasteiger partial charge >= 0.3 is 5.97 Å². The number of para-hydroxylation sites is 2. The number of hydrogen-bond acceptors (Lipinski definition) is 6. The minimum atomic E-state index is -0.592. The summed E-state index contributed by atoms with van der Waals surface area (Å²) in [6.45, 7) is 0.169. The van der Waals surface area contributed by atoms with Gasteiger partial charge in [-0.05, 0) is 42.3 Å². The summed E-state index contributed by atoms with van der Waals surface area (Å²) in [6, 6.07) is 12.2. The first kappa shape index (κ1) is 18.8. The third kappa shape index (κ3) is 4.48. The van der Waals surface area contributed by atoms with Gasteiger partial charge in [0, 0.05) is 12.1 Å². The highest BCUT2D eigenvalue weighted by molar-refractivity contribution is 5.96. The molecule has 1 unspecified atom stereocenters. The minimum absolute atomic E-state index is 0.0414. The summed E-state index contributed by atoms with van der Waals surface area (Å²) in [5.74, 6) is 0.249. The maximum atomic E-state index is 12.2. The first-order valence-electron chi connectivity index (χ1n) is 9.33. The van der Waals surface area contributed by atoms with Crippen LogP contribution < -0.4 is 20.1 Å². The largest absolute Gasteiger partial charge is 0.486 e. The van der Waals surface area contributed by atoms with E-state index in [2.05, 4.69) is 10.6 Å². The number of anilines is 1. The van der Waals surface area contributed by atoms with Gasteiger partial charge in [0.05, 0.1) is 12.1 Å². The SMILES string of the molecule is O=C(COC(=O)c1ccc2c(c1)CCC(=O)N2)NCC1COc2ccccc2O1. The molecule has 2 aromatic rings. The first-order chi connectivity index (χ1) is 14.1. The molecule has 2 aliphatic heterocycles. The van der Waals surface area contributed by atoms with E-state index in [1.165, 1.54) is 0 Å². The van der Waals surface area contributed by atoms with Crippen LogP contribution in [0, 0.1) is 0 Å². The van der Waals surface area contributed by atoms with Crippen LogP contribution in [0.4, 0.5) is 5.69 Å². The van der Waals surface area contributed by atoms with Crippen molar-refractivity contribution in [3.8, 4) is 11.5 Å². The number of nitrogens with one attached hydrogen (secondary N) is 2. The summed E-state index contributed by atoms with van der Waals surface area (Å²) >= 11 is 0. The van der Waals surface area contributed by atoms with Crippen molar-refractivity contribution in [1.29, 1.82) is 0 Å². The van der Waals surface area contributed by atoms with E-state index in [9.17, 15) is 14.4 Å². The second kappa shape index (κ2) is 8.22. The van der Waals surface area contributed by atoms with Crippen LogP contribution in [0.1, 0.15) is 22.3 Å². The zero-order valence-corrected chi connectivity index (χ0v) is 15.6. The van der Waals surface area contributed by atoms with E-state index < -0.39 is 18.5 Å². The van der Waals surface area contributed by atoms with Gasteiger partial charge in [-0.15, -0.1) is 0 Å². The van der Waals surface area contributed by atoms with Gasteiger partial charge in [-0.3, -0.25) is 9.59 Å². The monoisotopic (exact) mass is 396 g/mol. The molecule has 4 rings (SSSR count). The molecule has 0 radical (unpaired) electrons. The molecule has 0 aromatic heterocycles. The summed E-state index contributed by atoms with van der Waals surface area (Å²) in [5, 5.41) is 5.43. The Morgan fingerprint density at radius 2 is 1.97 bits per heavy atom. The highest BCUT2D eigenvalue weighted by atomic mass is 16.6.